The molecule has 0 aliphatic carbocycles. The molecule has 2 N–H and O–H groups in total. The predicted octanol–water partition coefficient (Wildman–Crippen LogP) is 1.03. The van der Waals surface area contributed by atoms with E-state index in [1.54, 1.807) is 13.8 Å². The third kappa shape index (κ3) is 6.40. The van der Waals surface area contributed by atoms with Gasteiger partial charge >= 0.3 is 5.97 Å². The smallest absolute Gasteiger partial charge is 0.326 e. The molecule has 1 amide bonds. The van der Waals surface area contributed by atoms with Gasteiger partial charge in [-0.3, -0.25) is 4.79 Å². The first-order valence-electron chi connectivity index (χ1n) is 5.59. The maximum absolute atomic E-state index is 11.3. The third-order valence-electron chi connectivity index (χ3n) is 2.12. The lowest BCUT2D eigenvalue weighted by molar-refractivity contribution is -0.143. The molecule has 0 aliphatic heterocycles. The molecule has 0 aromatic rings. The molecule has 16 heavy (non-hydrogen) atoms. The molecule has 94 valence electrons. The Morgan fingerprint density at radius 2 is 2.00 bits per heavy atom. The lowest BCUT2D eigenvalue weighted by atomic mass is 10.1. The van der Waals surface area contributed by atoms with E-state index in [-0.39, 0.29) is 18.4 Å². The van der Waals surface area contributed by atoms with Gasteiger partial charge in [0.2, 0.25) is 5.91 Å². The molecule has 1 unspecified atom stereocenters. The lowest BCUT2D eigenvalue weighted by Crippen LogP contribution is -2.45. The molecule has 0 radical (unpaired) electrons. The highest BCUT2D eigenvalue weighted by Crippen LogP contribution is 2.01. The number of nitrogens with one attached hydrogen (secondary N) is 1. The van der Waals surface area contributed by atoms with E-state index in [0.29, 0.717) is 6.61 Å². The second kappa shape index (κ2) is 8.10. The summed E-state index contributed by atoms with van der Waals surface area (Å²) in [5.41, 5.74) is 0. The van der Waals surface area contributed by atoms with Gasteiger partial charge in [0.15, 0.2) is 0 Å². The SMILES string of the molecule is CCCCOCC(=O)NC(C(=O)O)C(C)C. The fourth-order valence-corrected chi connectivity index (χ4v) is 1.14. The van der Waals surface area contributed by atoms with Gasteiger partial charge in [-0.15, -0.1) is 0 Å². The largest absolute Gasteiger partial charge is 0.480 e. The van der Waals surface area contributed by atoms with E-state index in [1.807, 2.05) is 6.92 Å². The fraction of sp³-hybridized carbons (Fsp3) is 0.818. The fourth-order valence-electron chi connectivity index (χ4n) is 1.14. The van der Waals surface area contributed by atoms with Crippen LogP contribution in [0.4, 0.5) is 0 Å². The Hall–Kier alpha value is -1.10. The van der Waals surface area contributed by atoms with Gasteiger partial charge in [-0.25, -0.2) is 4.79 Å². The van der Waals surface area contributed by atoms with Gasteiger partial charge in [-0.2, -0.15) is 0 Å². The standard InChI is InChI=1S/C11H21NO4/c1-4-5-6-16-7-9(13)12-10(8(2)3)11(14)15/h8,10H,4-7H2,1-3H3,(H,12,13)(H,14,15). The van der Waals surface area contributed by atoms with Gasteiger partial charge in [0, 0.05) is 6.61 Å². The van der Waals surface area contributed by atoms with Gasteiger partial charge in [0.05, 0.1) is 0 Å². The van der Waals surface area contributed by atoms with Crippen LogP contribution in [-0.4, -0.2) is 36.2 Å². The van der Waals surface area contributed by atoms with Crippen molar-refractivity contribution < 1.29 is 19.4 Å². The van der Waals surface area contributed by atoms with E-state index < -0.39 is 12.0 Å². The number of hydrogen-bond donors (Lipinski definition) is 2. The Balaban J connectivity index is 3.87. The van der Waals surface area contributed by atoms with Crippen molar-refractivity contribution in [3.8, 4) is 0 Å². The van der Waals surface area contributed by atoms with Crippen LogP contribution in [0.5, 0.6) is 0 Å². The highest BCUT2D eigenvalue weighted by molar-refractivity contribution is 5.84. The maximum atomic E-state index is 11.3. The lowest BCUT2D eigenvalue weighted by Gasteiger charge is -2.17. The number of carboxylic acid groups (broad SMARTS) is 1. The summed E-state index contributed by atoms with van der Waals surface area (Å²) in [6, 6.07) is -0.845. The molecular weight excluding hydrogens is 210 g/mol. The highest BCUT2D eigenvalue weighted by Gasteiger charge is 2.23. The molecule has 0 heterocycles. The molecule has 0 spiro atoms. The maximum Gasteiger partial charge on any atom is 0.326 e. The van der Waals surface area contributed by atoms with Crippen LogP contribution >= 0.6 is 0 Å². The Morgan fingerprint density at radius 1 is 1.38 bits per heavy atom. The van der Waals surface area contributed by atoms with Gasteiger partial charge in [-0.05, 0) is 12.3 Å². The van der Waals surface area contributed by atoms with E-state index in [9.17, 15) is 9.59 Å². The number of amides is 1. The summed E-state index contributed by atoms with van der Waals surface area (Å²) < 4.78 is 5.09. The Morgan fingerprint density at radius 3 is 2.44 bits per heavy atom. The average molecular weight is 231 g/mol. The molecule has 5 heteroatoms. The van der Waals surface area contributed by atoms with Crippen LogP contribution in [0.3, 0.4) is 0 Å². The number of rotatable bonds is 8. The van der Waals surface area contributed by atoms with Crippen LogP contribution < -0.4 is 5.32 Å². The minimum absolute atomic E-state index is 0.0729. The molecule has 0 fully saturated rings. The summed E-state index contributed by atoms with van der Waals surface area (Å²) in [4.78, 5) is 22.1. The molecule has 0 bridgehead atoms. The normalized spacial score (nSPS) is 12.5. The van der Waals surface area contributed by atoms with Crippen LogP contribution in [0, 0.1) is 5.92 Å². The van der Waals surface area contributed by atoms with Crippen LogP contribution in [0.15, 0.2) is 0 Å². The number of unbranched alkanes of at least 4 members (excludes halogenated alkanes) is 1. The zero-order chi connectivity index (χ0) is 12.6. The molecular formula is C11H21NO4. The Bertz CT molecular complexity index is 228. The molecule has 0 saturated heterocycles. The predicted molar refractivity (Wildman–Crippen MR) is 60.1 cm³/mol. The quantitative estimate of drug-likeness (QED) is 0.612. The molecule has 0 rings (SSSR count). The first kappa shape index (κ1) is 14.9. The number of aliphatic carboxylic acids is 1. The summed E-state index contributed by atoms with van der Waals surface area (Å²) in [6.07, 6.45) is 1.91. The van der Waals surface area contributed by atoms with Gasteiger partial charge in [0.1, 0.15) is 12.6 Å². The highest BCUT2D eigenvalue weighted by atomic mass is 16.5. The minimum Gasteiger partial charge on any atom is -0.480 e. The summed E-state index contributed by atoms with van der Waals surface area (Å²) in [5, 5.41) is 11.3. The Kier molecular flexibility index (Phi) is 7.54. The minimum atomic E-state index is -1.02. The molecule has 0 saturated carbocycles. The van der Waals surface area contributed by atoms with Gasteiger partial charge in [-0.1, -0.05) is 27.2 Å². The Labute approximate surface area is 96.2 Å². The van der Waals surface area contributed by atoms with Crippen molar-refractivity contribution in [2.45, 2.75) is 39.7 Å². The van der Waals surface area contributed by atoms with Crippen LogP contribution in [0.1, 0.15) is 33.6 Å². The van der Waals surface area contributed by atoms with Gasteiger partial charge < -0.3 is 15.2 Å². The molecule has 1 atom stereocenters. The zero-order valence-corrected chi connectivity index (χ0v) is 10.2. The first-order valence-corrected chi connectivity index (χ1v) is 5.59. The number of hydrogen-bond acceptors (Lipinski definition) is 3. The number of carbonyl (C=O) groups is 2. The number of carbonyl (C=O) groups excluding carboxylic acids is 1. The van der Waals surface area contributed by atoms with Crippen molar-refractivity contribution in [2.24, 2.45) is 5.92 Å². The molecule has 0 aromatic carbocycles. The molecule has 5 nitrogen and oxygen atoms in total. The molecule has 0 aliphatic rings. The zero-order valence-electron chi connectivity index (χ0n) is 10.2. The van der Waals surface area contributed by atoms with Crippen molar-refractivity contribution >= 4 is 11.9 Å². The number of ether oxygens (including phenoxy) is 1. The second-order valence-corrected chi connectivity index (χ2v) is 4.03. The third-order valence-corrected chi connectivity index (χ3v) is 2.12. The first-order chi connectivity index (χ1) is 7.49. The van der Waals surface area contributed by atoms with Crippen LogP contribution in [0.2, 0.25) is 0 Å². The van der Waals surface area contributed by atoms with Crippen molar-refractivity contribution in [3.63, 3.8) is 0 Å². The summed E-state index contributed by atoms with van der Waals surface area (Å²) in [5.74, 6) is -1.54. The molecule has 0 aromatic heterocycles. The van der Waals surface area contributed by atoms with E-state index in [0.717, 1.165) is 12.8 Å². The van der Waals surface area contributed by atoms with Crippen molar-refractivity contribution in [1.82, 2.24) is 5.32 Å². The summed E-state index contributed by atoms with van der Waals surface area (Å²) in [6.45, 7) is 5.98. The summed E-state index contributed by atoms with van der Waals surface area (Å²) in [7, 11) is 0. The van der Waals surface area contributed by atoms with Crippen LogP contribution in [0.25, 0.3) is 0 Å². The van der Waals surface area contributed by atoms with Crippen molar-refractivity contribution in [1.29, 1.82) is 0 Å². The van der Waals surface area contributed by atoms with E-state index in [1.165, 1.54) is 0 Å². The average Bonchev–Trinajstić information content (AvgIpc) is 2.20. The van der Waals surface area contributed by atoms with Crippen LogP contribution in [-0.2, 0) is 14.3 Å². The van der Waals surface area contributed by atoms with E-state index in [4.69, 9.17) is 9.84 Å². The van der Waals surface area contributed by atoms with Gasteiger partial charge in [0.25, 0.3) is 0 Å². The van der Waals surface area contributed by atoms with Crippen molar-refractivity contribution in [2.75, 3.05) is 13.2 Å². The summed E-state index contributed by atoms with van der Waals surface area (Å²) >= 11 is 0. The second-order valence-electron chi connectivity index (χ2n) is 4.03. The van der Waals surface area contributed by atoms with Crippen molar-refractivity contribution in [3.05, 3.63) is 0 Å². The monoisotopic (exact) mass is 231 g/mol. The topological polar surface area (TPSA) is 75.6 Å². The van der Waals surface area contributed by atoms with E-state index >= 15 is 0 Å². The van der Waals surface area contributed by atoms with E-state index in [2.05, 4.69) is 5.32 Å². The number of carboxylic acids is 1.